The van der Waals surface area contributed by atoms with Gasteiger partial charge in [-0.2, -0.15) is 0 Å². The Morgan fingerprint density at radius 3 is 2.74 bits per heavy atom. The molecule has 2 fully saturated rings. The average Bonchev–Trinajstić information content (AvgIpc) is 2.92. The van der Waals surface area contributed by atoms with Gasteiger partial charge in [0.2, 0.25) is 5.91 Å². The second-order valence-electron chi connectivity index (χ2n) is 6.41. The fourth-order valence-corrected chi connectivity index (χ4v) is 4.14. The molecule has 6 heteroatoms. The van der Waals surface area contributed by atoms with Crippen LogP contribution in [-0.2, 0) is 11.3 Å². The third-order valence-electron chi connectivity index (χ3n) is 5.07. The van der Waals surface area contributed by atoms with Crippen LogP contribution in [-0.4, -0.2) is 52.6 Å². The number of hydrogen-bond donors (Lipinski definition) is 1. The highest BCUT2D eigenvalue weighted by Gasteiger charge is 2.50. The van der Waals surface area contributed by atoms with E-state index < -0.39 is 5.54 Å². The fraction of sp³-hybridized carbons (Fsp3) is 0.588. The summed E-state index contributed by atoms with van der Waals surface area (Å²) in [6.07, 6.45) is 3.52. The van der Waals surface area contributed by atoms with Crippen LogP contribution < -0.4 is 0 Å². The Balaban J connectivity index is 1.84. The predicted molar refractivity (Wildman–Crippen MR) is 86.7 cm³/mol. The van der Waals surface area contributed by atoms with Crippen LogP contribution in [0.2, 0.25) is 5.02 Å². The number of β-amino-alcohol motifs (C(OH)–C–C–N with tert-alkyl or cyclic N) is 1. The molecule has 2 aliphatic heterocycles. The third kappa shape index (κ3) is 3.10. The van der Waals surface area contributed by atoms with Gasteiger partial charge in [-0.05, 0) is 56.0 Å². The maximum absolute atomic E-state index is 13.5. The van der Waals surface area contributed by atoms with Crippen LogP contribution in [0.4, 0.5) is 4.39 Å². The zero-order valence-corrected chi connectivity index (χ0v) is 13.9. The lowest BCUT2D eigenvalue weighted by Gasteiger charge is -2.44. The molecule has 1 atom stereocenters. The van der Waals surface area contributed by atoms with Crippen molar-refractivity contribution in [2.45, 2.75) is 37.8 Å². The summed E-state index contributed by atoms with van der Waals surface area (Å²) >= 11 is 6.20. The Morgan fingerprint density at radius 2 is 2.00 bits per heavy atom. The normalized spacial score (nSPS) is 25.5. The van der Waals surface area contributed by atoms with Crippen molar-refractivity contribution in [2.75, 3.05) is 26.2 Å². The molecule has 1 spiro atoms. The number of piperidine rings is 1. The molecule has 0 aromatic heterocycles. The summed E-state index contributed by atoms with van der Waals surface area (Å²) in [6.45, 7) is 2.36. The lowest BCUT2D eigenvalue weighted by Crippen LogP contribution is -2.60. The smallest absolute Gasteiger partial charge is 0.243 e. The quantitative estimate of drug-likeness (QED) is 0.915. The molecule has 2 saturated heterocycles. The Labute approximate surface area is 140 Å². The minimum absolute atomic E-state index is 0.0163. The topological polar surface area (TPSA) is 43.8 Å². The first kappa shape index (κ1) is 16.7. The maximum atomic E-state index is 13.5. The van der Waals surface area contributed by atoms with E-state index in [4.69, 9.17) is 16.7 Å². The first-order valence-electron chi connectivity index (χ1n) is 8.16. The van der Waals surface area contributed by atoms with Crippen molar-refractivity contribution < 1.29 is 14.3 Å². The van der Waals surface area contributed by atoms with Crippen molar-refractivity contribution in [1.82, 2.24) is 9.80 Å². The van der Waals surface area contributed by atoms with Gasteiger partial charge in [0.1, 0.15) is 11.4 Å². The molecule has 1 aromatic rings. The van der Waals surface area contributed by atoms with Crippen LogP contribution in [0.15, 0.2) is 18.2 Å². The predicted octanol–water partition coefficient (Wildman–Crippen LogP) is 2.43. The van der Waals surface area contributed by atoms with Crippen molar-refractivity contribution >= 4 is 17.5 Å². The Bertz CT molecular complexity index is 596. The molecule has 1 amide bonds. The van der Waals surface area contributed by atoms with Crippen molar-refractivity contribution in [3.05, 3.63) is 34.6 Å². The molecule has 126 valence electrons. The van der Waals surface area contributed by atoms with E-state index in [0.717, 1.165) is 37.8 Å². The zero-order chi connectivity index (χ0) is 16.4. The number of nitrogens with zero attached hydrogens (tertiary/aromatic N) is 2. The number of likely N-dealkylation sites (tertiary alicyclic amines) is 2. The van der Waals surface area contributed by atoms with Gasteiger partial charge in [0.05, 0.1) is 6.61 Å². The molecular weight excluding hydrogens is 319 g/mol. The second kappa shape index (κ2) is 6.75. The number of amides is 1. The van der Waals surface area contributed by atoms with Crippen LogP contribution in [0.3, 0.4) is 0 Å². The molecule has 0 radical (unpaired) electrons. The molecule has 1 unspecified atom stereocenters. The van der Waals surface area contributed by atoms with Gasteiger partial charge in [0.25, 0.3) is 0 Å². The van der Waals surface area contributed by atoms with Crippen LogP contribution in [0, 0.1) is 5.82 Å². The summed E-state index contributed by atoms with van der Waals surface area (Å²) in [5.74, 6) is -0.211. The van der Waals surface area contributed by atoms with Gasteiger partial charge in [0.15, 0.2) is 0 Å². The van der Waals surface area contributed by atoms with E-state index in [2.05, 4.69) is 4.90 Å². The molecule has 2 heterocycles. The number of benzene rings is 1. The van der Waals surface area contributed by atoms with E-state index in [9.17, 15) is 9.18 Å². The molecule has 1 N–H and O–H groups in total. The lowest BCUT2D eigenvalue weighted by molar-refractivity contribution is -0.148. The number of aliphatic hydroxyl groups excluding tert-OH is 1. The molecule has 0 saturated carbocycles. The van der Waals surface area contributed by atoms with Crippen molar-refractivity contribution in [2.24, 2.45) is 0 Å². The summed E-state index contributed by atoms with van der Waals surface area (Å²) in [5, 5.41) is 9.70. The highest BCUT2D eigenvalue weighted by atomic mass is 35.5. The van der Waals surface area contributed by atoms with Gasteiger partial charge >= 0.3 is 0 Å². The molecule has 0 aliphatic carbocycles. The third-order valence-corrected chi connectivity index (χ3v) is 5.44. The van der Waals surface area contributed by atoms with Crippen molar-refractivity contribution in [1.29, 1.82) is 0 Å². The average molecular weight is 341 g/mol. The van der Waals surface area contributed by atoms with E-state index in [1.165, 1.54) is 12.1 Å². The van der Waals surface area contributed by atoms with E-state index in [1.807, 2.05) is 0 Å². The van der Waals surface area contributed by atoms with Gasteiger partial charge in [-0.3, -0.25) is 9.69 Å². The van der Waals surface area contributed by atoms with E-state index in [0.29, 0.717) is 24.7 Å². The SMILES string of the molecule is O=C1N(CCO)CCCC12CCCN2Cc1cc(F)ccc1Cl. The molecule has 4 nitrogen and oxygen atoms in total. The molecule has 1 aromatic carbocycles. The van der Waals surface area contributed by atoms with Crippen molar-refractivity contribution in [3.63, 3.8) is 0 Å². The summed E-state index contributed by atoms with van der Waals surface area (Å²) in [5.41, 5.74) is 0.211. The van der Waals surface area contributed by atoms with Crippen LogP contribution in [0.25, 0.3) is 0 Å². The highest BCUT2D eigenvalue weighted by Crippen LogP contribution is 2.39. The Hall–Kier alpha value is -1.17. The molecule has 0 bridgehead atoms. The van der Waals surface area contributed by atoms with Gasteiger partial charge in [-0.1, -0.05) is 11.6 Å². The van der Waals surface area contributed by atoms with Gasteiger partial charge in [-0.25, -0.2) is 4.39 Å². The number of carbonyl (C=O) groups excluding carboxylic acids is 1. The number of aliphatic hydroxyl groups is 1. The maximum Gasteiger partial charge on any atom is 0.243 e. The molecular formula is C17H22ClFN2O2. The van der Waals surface area contributed by atoms with Crippen molar-refractivity contribution in [3.8, 4) is 0 Å². The summed E-state index contributed by atoms with van der Waals surface area (Å²) < 4.78 is 13.5. The number of halogens is 2. The zero-order valence-electron chi connectivity index (χ0n) is 13.1. The molecule has 23 heavy (non-hydrogen) atoms. The number of hydrogen-bond acceptors (Lipinski definition) is 3. The Kier molecular flexibility index (Phi) is 4.90. The fourth-order valence-electron chi connectivity index (χ4n) is 3.96. The van der Waals surface area contributed by atoms with Gasteiger partial charge in [0, 0.05) is 24.7 Å². The Morgan fingerprint density at radius 1 is 1.26 bits per heavy atom. The minimum Gasteiger partial charge on any atom is -0.395 e. The van der Waals surface area contributed by atoms with E-state index in [-0.39, 0.29) is 18.3 Å². The van der Waals surface area contributed by atoms with Crippen LogP contribution in [0.5, 0.6) is 0 Å². The molecule has 2 aliphatic rings. The summed E-state index contributed by atoms with van der Waals surface area (Å²) in [6, 6.07) is 4.36. The minimum atomic E-state index is -0.511. The van der Waals surface area contributed by atoms with Crippen LogP contribution in [0.1, 0.15) is 31.2 Å². The van der Waals surface area contributed by atoms with Gasteiger partial charge < -0.3 is 10.0 Å². The number of rotatable bonds is 4. The number of carbonyl (C=O) groups is 1. The monoisotopic (exact) mass is 340 g/mol. The molecule has 3 rings (SSSR count). The van der Waals surface area contributed by atoms with Crippen LogP contribution >= 0.6 is 11.6 Å². The summed E-state index contributed by atoms with van der Waals surface area (Å²) in [4.78, 5) is 16.9. The standard InChI is InChI=1S/C17H22ClFN2O2/c18-15-4-3-14(19)11-13(15)12-21-8-2-6-17(21)5-1-7-20(9-10-22)16(17)23/h3-4,11,22H,1-2,5-10,12H2. The largest absolute Gasteiger partial charge is 0.395 e. The summed E-state index contributed by atoms with van der Waals surface area (Å²) in [7, 11) is 0. The first-order chi connectivity index (χ1) is 11.1. The second-order valence-corrected chi connectivity index (χ2v) is 6.82. The van der Waals surface area contributed by atoms with E-state index in [1.54, 1.807) is 11.0 Å². The first-order valence-corrected chi connectivity index (χ1v) is 8.54. The van der Waals surface area contributed by atoms with Gasteiger partial charge in [-0.15, -0.1) is 0 Å². The highest BCUT2D eigenvalue weighted by molar-refractivity contribution is 6.31. The lowest BCUT2D eigenvalue weighted by atomic mass is 9.85. The van der Waals surface area contributed by atoms with E-state index >= 15 is 0 Å².